The Labute approximate surface area is 232 Å². The van der Waals surface area contributed by atoms with Crippen molar-refractivity contribution < 1.29 is 0 Å². The maximum absolute atomic E-state index is 4.61. The Morgan fingerprint density at radius 3 is 2.08 bits per heavy atom. The van der Waals surface area contributed by atoms with Crippen LogP contribution in [0.2, 0.25) is 0 Å². The predicted molar refractivity (Wildman–Crippen MR) is 171 cm³/mol. The standard InChI is InChI=1S/C36H61N/c1-15-34(26(3)4)25-32(11)36(13,14)33(12)31(10)23-29(8)21-17-19-28(7)20-18-22-30(9)24-35(16-2)37-27(5)6/h15-16,20,24,29,31-32H,1,12,17-19,21-23,25H2,2-11,13-14H3/b28-20-,30-24+,35-16-. The van der Waals surface area contributed by atoms with Gasteiger partial charge in [-0.1, -0.05) is 94.7 Å². The maximum Gasteiger partial charge on any atom is 0.0585 e. The van der Waals surface area contributed by atoms with E-state index in [-0.39, 0.29) is 5.41 Å². The molecule has 0 saturated carbocycles. The van der Waals surface area contributed by atoms with E-state index in [1.165, 1.54) is 53.5 Å². The first kappa shape index (κ1) is 35.1. The molecule has 210 valence electrons. The van der Waals surface area contributed by atoms with E-state index in [0.717, 1.165) is 36.6 Å². The Kier molecular flexibility index (Phi) is 16.7. The van der Waals surface area contributed by atoms with Crippen molar-refractivity contribution in [1.82, 2.24) is 0 Å². The summed E-state index contributed by atoms with van der Waals surface area (Å²) in [5, 5.41) is 0. The Balaban J connectivity index is 4.68. The summed E-state index contributed by atoms with van der Waals surface area (Å²) in [5.41, 5.74) is 9.36. The Bertz CT molecular complexity index is 876. The van der Waals surface area contributed by atoms with Crippen LogP contribution in [0.5, 0.6) is 0 Å². The van der Waals surface area contributed by atoms with Gasteiger partial charge in [-0.15, -0.1) is 0 Å². The number of allylic oxidation sites excluding steroid dienone is 9. The number of rotatable bonds is 17. The minimum atomic E-state index is 0.115. The molecule has 0 spiro atoms. The SMILES string of the molecule is C=CC(CC(C)C(C)(C)C(=C)C(C)CC(C)CCC/C(C)=C\CC/C(C)=C/C(=C/C)N=C(C)C)=C(C)C. The molecule has 0 rings (SSSR count). The molecule has 3 atom stereocenters. The van der Waals surface area contributed by atoms with Gasteiger partial charge in [0.25, 0.3) is 0 Å². The van der Waals surface area contributed by atoms with E-state index in [2.05, 4.69) is 106 Å². The van der Waals surface area contributed by atoms with Crippen LogP contribution in [0, 0.1) is 23.2 Å². The molecule has 1 heteroatoms. The average Bonchev–Trinajstić information content (AvgIpc) is 2.80. The quantitative estimate of drug-likeness (QED) is 0.105. The topological polar surface area (TPSA) is 12.4 Å². The molecular formula is C36H61N. The summed E-state index contributed by atoms with van der Waals surface area (Å²) in [6.07, 6.45) is 17.0. The van der Waals surface area contributed by atoms with E-state index in [0.29, 0.717) is 11.8 Å². The van der Waals surface area contributed by atoms with Gasteiger partial charge in [0, 0.05) is 5.71 Å². The van der Waals surface area contributed by atoms with Crippen LogP contribution in [0.1, 0.15) is 128 Å². The average molecular weight is 508 g/mol. The van der Waals surface area contributed by atoms with Crippen molar-refractivity contribution in [2.45, 2.75) is 128 Å². The molecular weight excluding hydrogens is 446 g/mol. The molecule has 0 aliphatic heterocycles. The molecule has 0 aliphatic rings. The van der Waals surface area contributed by atoms with Crippen LogP contribution in [0.25, 0.3) is 0 Å². The van der Waals surface area contributed by atoms with Gasteiger partial charge in [0.2, 0.25) is 0 Å². The fraction of sp³-hybridized carbons (Fsp3) is 0.639. The third-order valence-electron chi connectivity index (χ3n) is 8.17. The second kappa shape index (κ2) is 17.6. The van der Waals surface area contributed by atoms with Crippen LogP contribution in [0.4, 0.5) is 0 Å². The predicted octanol–water partition coefficient (Wildman–Crippen LogP) is 12.0. The van der Waals surface area contributed by atoms with Crippen LogP contribution in [0.15, 0.2) is 76.0 Å². The summed E-state index contributed by atoms with van der Waals surface area (Å²) in [5.74, 6) is 1.81. The fourth-order valence-electron chi connectivity index (χ4n) is 5.03. The minimum absolute atomic E-state index is 0.115. The first-order valence-electron chi connectivity index (χ1n) is 14.6. The van der Waals surface area contributed by atoms with Gasteiger partial charge in [0.15, 0.2) is 0 Å². The van der Waals surface area contributed by atoms with Crippen molar-refractivity contribution >= 4 is 5.71 Å². The third-order valence-corrected chi connectivity index (χ3v) is 8.17. The highest BCUT2D eigenvalue weighted by molar-refractivity contribution is 5.80. The molecule has 1 nitrogen and oxygen atoms in total. The normalized spacial score (nSPS) is 15.6. The lowest BCUT2D eigenvalue weighted by atomic mass is 9.67. The van der Waals surface area contributed by atoms with Crippen LogP contribution in [-0.2, 0) is 0 Å². The van der Waals surface area contributed by atoms with Crippen molar-refractivity contribution in [2.75, 3.05) is 0 Å². The van der Waals surface area contributed by atoms with Crippen molar-refractivity contribution in [2.24, 2.45) is 28.2 Å². The van der Waals surface area contributed by atoms with Gasteiger partial charge < -0.3 is 0 Å². The first-order valence-corrected chi connectivity index (χ1v) is 14.6. The number of nitrogens with zero attached hydrogens (tertiary/aromatic N) is 1. The van der Waals surface area contributed by atoms with Gasteiger partial charge >= 0.3 is 0 Å². The van der Waals surface area contributed by atoms with Gasteiger partial charge in [-0.25, -0.2) is 0 Å². The van der Waals surface area contributed by atoms with E-state index in [9.17, 15) is 0 Å². The van der Waals surface area contributed by atoms with Crippen LogP contribution in [-0.4, -0.2) is 5.71 Å². The highest BCUT2D eigenvalue weighted by Crippen LogP contribution is 2.43. The molecule has 0 bridgehead atoms. The minimum Gasteiger partial charge on any atom is -0.259 e. The lowest BCUT2D eigenvalue weighted by Crippen LogP contribution is -2.28. The van der Waals surface area contributed by atoms with Crippen LogP contribution >= 0.6 is 0 Å². The molecule has 0 aromatic carbocycles. The molecule has 0 fully saturated rings. The number of hydrogen-bond donors (Lipinski definition) is 0. The highest BCUT2D eigenvalue weighted by Gasteiger charge is 2.32. The third kappa shape index (κ3) is 14.0. The summed E-state index contributed by atoms with van der Waals surface area (Å²) in [6, 6.07) is 0. The molecule has 37 heavy (non-hydrogen) atoms. The molecule has 0 radical (unpaired) electrons. The van der Waals surface area contributed by atoms with Gasteiger partial charge in [-0.3, -0.25) is 4.99 Å². The molecule has 0 aromatic rings. The highest BCUT2D eigenvalue weighted by atomic mass is 14.7. The van der Waals surface area contributed by atoms with E-state index in [1.807, 2.05) is 19.9 Å². The molecule has 0 aliphatic carbocycles. The zero-order chi connectivity index (χ0) is 28.8. The van der Waals surface area contributed by atoms with Gasteiger partial charge in [0.1, 0.15) is 0 Å². The first-order chi connectivity index (χ1) is 17.1. The largest absolute Gasteiger partial charge is 0.259 e. The van der Waals surface area contributed by atoms with Crippen molar-refractivity contribution in [3.8, 4) is 0 Å². The fourth-order valence-corrected chi connectivity index (χ4v) is 5.03. The Morgan fingerprint density at radius 1 is 0.946 bits per heavy atom. The smallest absolute Gasteiger partial charge is 0.0585 e. The van der Waals surface area contributed by atoms with Crippen molar-refractivity contribution in [3.05, 3.63) is 71.0 Å². The van der Waals surface area contributed by atoms with Gasteiger partial charge in [0.05, 0.1) is 5.70 Å². The van der Waals surface area contributed by atoms with Crippen LogP contribution < -0.4 is 0 Å². The number of aliphatic imine (C=N–C) groups is 1. The lowest BCUT2D eigenvalue weighted by molar-refractivity contribution is 0.250. The molecule has 0 N–H and O–H groups in total. The summed E-state index contributed by atoms with van der Waals surface area (Å²) < 4.78 is 0. The van der Waals surface area contributed by atoms with Gasteiger partial charge in [-0.05, 0) is 122 Å². The Hall–Kier alpha value is -1.89. The van der Waals surface area contributed by atoms with Crippen molar-refractivity contribution in [3.63, 3.8) is 0 Å². The zero-order valence-electron chi connectivity index (χ0n) is 26.9. The molecule has 0 aromatic heterocycles. The van der Waals surface area contributed by atoms with Gasteiger partial charge in [-0.2, -0.15) is 0 Å². The molecule has 0 saturated heterocycles. The zero-order valence-corrected chi connectivity index (χ0v) is 26.9. The molecule has 0 heterocycles. The monoisotopic (exact) mass is 507 g/mol. The summed E-state index contributed by atoms with van der Waals surface area (Å²) in [7, 11) is 0. The molecule has 0 amide bonds. The van der Waals surface area contributed by atoms with E-state index in [4.69, 9.17) is 0 Å². The summed E-state index contributed by atoms with van der Waals surface area (Å²) in [4.78, 5) is 4.58. The van der Waals surface area contributed by atoms with E-state index in [1.54, 1.807) is 0 Å². The number of hydrogen-bond acceptors (Lipinski definition) is 1. The van der Waals surface area contributed by atoms with E-state index >= 15 is 0 Å². The maximum atomic E-state index is 4.61. The van der Waals surface area contributed by atoms with Crippen molar-refractivity contribution in [1.29, 1.82) is 0 Å². The Morgan fingerprint density at radius 2 is 1.57 bits per heavy atom. The second-order valence-electron chi connectivity index (χ2n) is 12.6. The second-order valence-corrected chi connectivity index (χ2v) is 12.6. The van der Waals surface area contributed by atoms with E-state index < -0.39 is 0 Å². The van der Waals surface area contributed by atoms with Crippen LogP contribution in [0.3, 0.4) is 0 Å². The summed E-state index contributed by atoms with van der Waals surface area (Å²) in [6.45, 7) is 35.6. The lowest BCUT2D eigenvalue weighted by Gasteiger charge is -2.38. The summed E-state index contributed by atoms with van der Waals surface area (Å²) >= 11 is 0. The molecule has 3 unspecified atom stereocenters.